The Morgan fingerprint density at radius 2 is 2.25 bits per heavy atom. The van der Waals surface area contributed by atoms with Crippen LogP contribution in [0.5, 0.6) is 0 Å². The van der Waals surface area contributed by atoms with Crippen molar-refractivity contribution in [1.82, 2.24) is 0 Å². The molecule has 1 atom stereocenters. The highest BCUT2D eigenvalue weighted by Gasteiger charge is 2.07. The smallest absolute Gasteiger partial charge is 0.306 e. The van der Waals surface area contributed by atoms with Crippen LogP contribution >= 0.6 is 12.6 Å². The van der Waals surface area contributed by atoms with E-state index >= 15 is 0 Å². The lowest BCUT2D eigenvalue weighted by Gasteiger charge is -2.12. The largest absolute Gasteiger partial charge is 0.460 e. The van der Waals surface area contributed by atoms with E-state index in [-0.39, 0.29) is 12.1 Å². The van der Waals surface area contributed by atoms with Crippen LogP contribution in [0.4, 0.5) is 0 Å². The highest BCUT2D eigenvalue weighted by Crippen LogP contribution is 1.96. The summed E-state index contributed by atoms with van der Waals surface area (Å²) < 4.78 is 10.1. The molecule has 0 saturated heterocycles. The first-order chi connectivity index (χ1) is 5.70. The van der Waals surface area contributed by atoms with Gasteiger partial charge in [0, 0.05) is 12.4 Å². The molecule has 0 aromatic rings. The van der Waals surface area contributed by atoms with Gasteiger partial charge in [0.15, 0.2) is 0 Å². The van der Waals surface area contributed by atoms with Crippen LogP contribution in [-0.2, 0) is 14.3 Å². The summed E-state index contributed by atoms with van der Waals surface area (Å²) in [6.45, 7) is 4.83. The van der Waals surface area contributed by atoms with E-state index in [9.17, 15) is 4.79 Å². The minimum absolute atomic E-state index is 0.155. The molecule has 72 valence electrons. The number of carbonyl (C=O) groups excluding carboxylic acids is 1. The monoisotopic (exact) mass is 192 g/mol. The van der Waals surface area contributed by atoms with Gasteiger partial charge < -0.3 is 9.47 Å². The first kappa shape index (κ1) is 11.8. The molecular formula is C8H16O3S. The molecule has 0 fully saturated rings. The highest BCUT2D eigenvalue weighted by molar-refractivity contribution is 7.80. The lowest BCUT2D eigenvalue weighted by molar-refractivity contribution is -0.150. The standard InChI is InChI=1S/C8H16O3S/c1-3-10-6-7(2)11-8(9)4-5-12/h7,12H,3-6H2,1-2H3. The number of esters is 1. The minimum Gasteiger partial charge on any atom is -0.460 e. The van der Waals surface area contributed by atoms with Gasteiger partial charge in [0.05, 0.1) is 13.0 Å². The zero-order valence-corrected chi connectivity index (χ0v) is 8.47. The van der Waals surface area contributed by atoms with Gasteiger partial charge in [-0.3, -0.25) is 4.79 Å². The molecule has 0 N–H and O–H groups in total. The average molecular weight is 192 g/mol. The van der Waals surface area contributed by atoms with Gasteiger partial charge in [0.2, 0.25) is 0 Å². The summed E-state index contributed by atoms with van der Waals surface area (Å²) in [5.41, 5.74) is 0. The Balaban J connectivity index is 3.40. The van der Waals surface area contributed by atoms with Crippen molar-refractivity contribution in [2.75, 3.05) is 19.0 Å². The van der Waals surface area contributed by atoms with Crippen LogP contribution in [0.2, 0.25) is 0 Å². The molecule has 0 heterocycles. The summed E-state index contributed by atoms with van der Waals surface area (Å²) >= 11 is 3.92. The lowest BCUT2D eigenvalue weighted by atomic mass is 10.4. The molecule has 0 aliphatic carbocycles. The Morgan fingerprint density at radius 3 is 2.75 bits per heavy atom. The molecular weight excluding hydrogens is 176 g/mol. The minimum atomic E-state index is -0.211. The van der Waals surface area contributed by atoms with Crippen LogP contribution in [0.1, 0.15) is 20.3 Å². The van der Waals surface area contributed by atoms with Crippen molar-refractivity contribution < 1.29 is 14.3 Å². The van der Waals surface area contributed by atoms with Gasteiger partial charge in [-0.25, -0.2) is 0 Å². The van der Waals surface area contributed by atoms with Crippen molar-refractivity contribution in [3.05, 3.63) is 0 Å². The van der Waals surface area contributed by atoms with Crippen molar-refractivity contribution >= 4 is 18.6 Å². The summed E-state index contributed by atoms with van der Waals surface area (Å²) in [4.78, 5) is 10.9. The molecule has 0 saturated carbocycles. The fraction of sp³-hybridized carbons (Fsp3) is 0.875. The Kier molecular flexibility index (Phi) is 7.29. The molecule has 4 heteroatoms. The molecule has 1 unspecified atom stereocenters. The van der Waals surface area contributed by atoms with Gasteiger partial charge in [-0.2, -0.15) is 12.6 Å². The number of rotatable bonds is 6. The number of hydrogen-bond donors (Lipinski definition) is 1. The van der Waals surface area contributed by atoms with Crippen molar-refractivity contribution in [1.29, 1.82) is 0 Å². The SMILES string of the molecule is CCOCC(C)OC(=O)CCS. The maximum atomic E-state index is 10.9. The molecule has 0 amide bonds. The summed E-state index contributed by atoms with van der Waals surface area (Å²) in [7, 11) is 0. The average Bonchev–Trinajstić information content (AvgIpc) is 2.01. The highest BCUT2D eigenvalue weighted by atomic mass is 32.1. The Bertz CT molecular complexity index is 127. The van der Waals surface area contributed by atoms with E-state index in [1.807, 2.05) is 13.8 Å². The van der Waals surface area contributed by atoms with Crippen molar-refractivity contribution in [2.24, 2.45) is 0 Å². The molecule has 0 rings (SSSR count). The molecule has 0 aliphatic heterocycles. The normalized spacial score (nSPS) is 12.6. The molecule has 0 bridgehead atoms. The molecule has 0 aromatic heterocycles. The third-order valence-electron chi connectivity index (χ3n) is 1.21. The van der Waals surface area contributed by atoms with Crippen molar-refractivity contribution in [3.63, 3.8) is 0 Å². The third-order valence-corrected chi connectivity index (χ3v) is 1.43. The van der Waals surface area contributed by atoms with Gasteiger partial charge in [0.25, 0.3) is 0 Å². The van der Waals surface area contributed by atoms with Crippen LogP contribution in [0, 0.1) is 0 Å². The second-order valence-electron chi connectivity index (χ2n) is 2.43. The fourth-order valence-corrected chi connectivity index (χ4v) is 0.875. The topological polar surface area (TPSA) is 35.5 Å². The lowest BCUT2D eigenvalue weighted by Crippen LogP contribution is -2.20. The Morgan fingerprint density at radius 1 is 1.58 bits per heavy atom. The van der Waals surface area contributed by atoms with Gasteiger partial charge in [-0.1, -0.05) is 0 Å². The summed E-state index contributed by atoms with van der Waals surface area (Å²) in [6.07, 6.45) is 0.205. The van der Waals surface area contributed by atoms with Crippen molar-refractivity contribution in [2.45, 2.75) is 26.4 Å². The first-order valence-electron chi connectivity index (χ1n) is 4.08. The van der Waals surface area contributed by atoms with Gasteiger partial charge in [0.1, 0.15) is 6.10 Å². The van der Waals surface area contributed by atoms with E-state index in [1.54, 1.807) is 0 Å². The van der Waals surface area contributed by atoms with Crippen LogP contribution in [0.3, 0.4) is 0 Å². The van der Waals surface area contributed by atoms with Crippen LogP contribution in [0.15, 0.2) is 0 Å². The van der Waals surface area contributed by atoms with E-state index in [4.69, 9.17) is 9.47 Å². The van der Waals surface area contributed by atoms with Crippen LogP contribution < -0.4 is 0 Å². The molecule has 12 heavy (non-hydrogen) atoms. The summed E-state index contributed by atoms with van der Waals surface area (Å²) in [5.74, 6) is 0.317. The second-order valence-corrected chi connectivity index (χ2v) is 2.88. The van der Waals surface area contributed by atoms with Crippen LogP contribution in [0.25, 0.3) is 0 Å². The number of thiol groups is 1. The zero-order valence-electron chi connectivity index (χ0n) is 7.58. The summed E-state index contributed by atoms with van der Waals surface area (Å²) in [6, 6.07) is 0. The van der Waals surface area contributed by atoms with E-state index in [0.29, 0.717) is 25.4 Å². The van der Waals surface area contributed by atoms with Gasteiger partial charge in [-0.15, -0.1) is 0 Å². The molecule has 0 aromatic carbocycles. The number of ether oxygens (including phenoxy) is 2. The van der Waals surface area contributed by atoms with E-state index < -0.39 is 0 Å². The van der Waals surface area contributed by atoms with Gasteiger partial charge in [-0.05, 0) is 13.8 Å². The molecule has 0 spiro atoms. The fourth-order valence-electron chi connectivity index (χ4n) is 0.692. The van der Waals surface area contributed by atoms with E-state index in [2.05, 4.69) is 12.6 Å². The Hall–Kier alpha value is -0.220. The quantitative estimate of drug-likeness (QED) is 0.508. The second kappa shape index (κ2) is 7.43. The maximum absolute atomic E-state index is 10.9. The predicted molar refractivity (Wildman–Crippen MR) is 50.5 cm³/mol. The first-order valence-corrected chi connectivity index (χ1v) is 4.72. The Labute approximate surface area is 78.8 Å². The summed E-state index contributed by atoms with van der Waals surface area (Å²) in [5, 5.41) is 0. The molecule has 3 nitrogen and oxygen atoms in total. The zero-order chi connectivity index (χ0) is 9.40. The third kappa shape index (κ3) is 6.49. The van der Waals surface area contributed by atoms with Crippen molar-refractivity contribution in [3.8, 4) is 0 Å². The number of carbonyl (C=O) groups is 1. The maximum Gasteiger partial charge on any atom is 0.306 e. The van der Waals surface area contributed by atoms with Crippen LogP contribution in [-0.4, -0.2) is 31.0 Å². The van der Waals surface area contributed by atoms with E-state index in [1.165, 1.54) is 0 Å². The predicted octanol–water partition coefficient (Wildman–Crippen LogP) is 1.27. The molecule has 0 radical (unpaired) electrons. The van der Waals surface area contributed by atoms with Gasteiger partial charge >= 0.3 is 5.97 Å². The molecule has 0 aliphatic rings. The van der Waals surface area contributed by atoms with E-state index in [0.717, 1.165) is 0 Å². The number of hydrogen-bond acceptors (Lipinski definition) is 4.